The van der Waals surface area contributed by atoms with E-state index in [2.05, 4.69) is 4.90 Å². The normalized spacial score (nSPS) is 21.5. The number of rotatable bonds is 6. The summed E-state index contributed by atoms with van der Waals surface area (Å²) in [5, 5.41) is 1.01. The van der Waals surface area contributed by atoms with E-state index in [9.17, 15) is 9.59 Å². The van der Waals surface area contributed by atoms with Gasteiger partial charge >= 0.3 is 0 Å². The van der Waals surface area contributed by atoms with Crippen molar-refractivity contribution < 1.29 is 14.3 Å². The summed E-state index contributed by atoms with van der Waals surface area (Å²) in [5.41, 5.74) is 6.29. The highest BCUT2D eigenvalue weighted by Crippen LogP contribution is 2.29. The number of hydrogen-bond donors (Lipinski definition) is 1. The van der Waals surface area contributed by atoms with Gasteiger partial charge in [0.15, 0.2) is 0 Å². The molecule has 2 N–H and O–H groups in total. The van der Waals surface area contributed by atoms with Gasteiger partial charge in [-0.15, -0.1) is 0 Å². The van der Waals surface area contributed by atoms with Crippen LogP contribution in [0.4, 0.5) is 0 Å². The number of primary amides is 1. The third kappa shape index (κ3) is 3.85. The second kappa shape index (κ2) is 7.83. The summed E-state index contributed by atoms with van der Waals surface area (Å²) in [4.78, 5) is 27.3. The summed E-state index contributed by atoms with van der Waals surface area (Å²) in [5.74, 6) is 0.769. The molecule has 0 radical (unpaired) electrons. The SMILES string of the molecule is CN1C(=O)CCC1CN1CCC(Oc2cccc3c2ccn3CC(N)=O)CC1. The lowest BCUT2D eigenvalue weighted by molar-refractivity contribution is -0.127. The number of amides is 2. The molecule has 0 spiro atoms. The van der Waals surface area contributed by atoms with E-state index in [1.807, 2.05) is 47.0 Å². The van der Waals surface area contributed by atoms with Gasteiger partial charge in [-0.2, -0.15) is 0 Å². The summed E-state index contributed by atoms with van der Waals surface area (Å²) in [6.07, 6.45) is 5.66. The van der Waals surface area contributed by atoms with E-state index in [0.717, 1.165) is 55.5 Å². The number of benzene rings is 1. The predicted octanol–water partition coefficient (Wildman–Crippen LogP) is 1.59. The fourth-order valence-electron chi connectivity index (χ4n) is 4.37. The number of piperidine rings is 1. The first-order chi connectivity index (χ1) is 13.5. The van der Waals surface area contributed by atoms with Crippen molar-refractivity contribution in [3.8, 4) is 5.75 Å². The molecule has 3 heterocycles. The van der Waals surface area contributed by atoms with Crippen molar-refractivity contribution in [1.29, 1.82) is 0 Å². The molecule has 2 aromatic rings. The highest BCUT2D eigenvalue weighted by molar-refractivity contribution is 5.88. The maximum atomic E-state index is 11.7. The van der Waals surface area contributed by atoms with Crippen molar-refractivity contribution in [3.63, 3.8) is 0 Å². The third-order valence-electron chi connectivity index (χ3n) is 6.03. The summed E-state index contributed by atoms with van der Waals surface area (Å²) in [6.45, 7) is 3.10. The molecule has 1 aromatic carbocycles. The summed E-state index contributed by atoms with van der Waals surface area (Å²) in [7, 11) is 1.92. The molecule has 0 saturated carbocycles. The molecule has 7 nitrogen and oxygen atoms in total. The topological polar surface area (TPSA) is 80.8 Å². The summed E-state index contributed by atoms with van der Waals surface area (Å²) >= 11 is 0. The van der Waals surface area contributed by atoms with Gasteiger partial charge in [0.05, 0.1) is 5.52 Å². The average Bonchev–Trinajstić information content (AvgIpc) is 3.22. The van der Waals surface area contributed by atoms with Gasteiger partial charge in [-0.05, 0) is 37.5 Å². The lowest BCUT2D eigenvalue weighted by atomic mass is 10.1. The van der Waals surface area contributed by atoms with Gasteiger partial charge in [-0.1, -0.05) is 6.07 Å². The van der Waals surface area contributed by atoms with E-state index in [1.54, 1.807) is 0 Å². The maximum Gasteiger partial charge on any atom is 0.237 e. The lowest BCUT2D eigenvalue weighted by Gasteiger charge is -2.35. The molecule has 0 bridgehead atoms. The molecule has 2 amide bonds. The molecular weight excluding hydrogens is 356 g/mol. The predicted molar refractivity (Wildman–Crippen MR) is 107 cm³/mol. The second-order valence-electron chi connectivity index (χ2n) is 7.91. The third-order valence-corrected chi connectivity index (χ3v) is 6.03. The molecule has 7 heteroatoms. The first kappa shape index (κ1) is 18.8. The van der Waals surface area contributed by atoms with Crippen LogP contribution in [0.25, 0.3) is 10.9 Å². The minimum absolute atomic E-state index is 0.170. The standard InChI is InChI=1S/C21H28N4O3/c1-23-15(5-6-21(23)27)13-24-10-7-16(8-11-24)28-19-4-2-3-18-17(19)9-12-25(18)14-20(22)26/h2-4,9,12,15-16H,5-8,10-11,13-14H2,1H3,(H2,22,26). The number of fused-ring (bicyclic) bond motifs is 1. The van der Waals surface area contributed by atoms with Crippen LogP contribution < -0.4 is 10.5 Å². The van der Waals surface area contributed by atoms with Crippen LogP contribution in [0.15, 0.2) is 30.5 Å². The van der Waals surface area contributed by atoms with Crippen molar-refractivity contribution in [1.82, 2.24) is 14.4 Å². The minimum atomic E-state index is -0.356. The number of aromatic nitrogens is 1. The van der Waals surface area contributed by atoms with E-state index in [4.69, 9.17) is 10.5 Å². The van der Waals surface area contributed by atoms with Gasteiger partial charge in [-0.25, -0.2) is 0 Å². The van der Waals surface area contributed by atoms with E-state index in [1.165, 1.54) is 0 Å². The lowest BCUT2D eigenvalue weighted by Crippen LogP contribution is -2.45. The Morgan fingerprint density at radius 3 is 2.68 bits per heavy atom. The van der Waals surface area contributed by atoms with Crippen molar-refractivity contribution in [2.24, 2.45) is 5.73 Å². The fraction of sp³-hybridized carbons (Fsp3) is 0.524. The molecule has 1 unspecified atom stereocenters. The van der Waals surface area contributed by atoms with E-state index < -0.39 is 0 Å². The number of nitrogens with two attached hydrogens (primary N) is 1. The Morgan fingerprint density at radius 1 is 1.21 bits per heavy atom. The summed E-state index contributed by atoms with van der Waals surface area (Å²) in [6, 6.07) is 8.26. The second-order valence-corrected chi connectivity index (χ2v) is 7.91. The van der Waals surface area contributed by atoms with Gasteiger partial charge in [0.2, 0.25) is 11.8 Å². The van der Waals surface area contributed by atoms with Crippen molar-refractivity contribution >= 4 is 22.7 Å². The molecule has 1 aromatic heterocycles. The van der Waals surface area contributed by atoms with Crippen molar-refractivity contribution in [2.75, 3.05) is 26.7 Å². The van der Waals surface area contributed by atoms with Crippen molar-refractivity contribution in [3.05, 3.63) is 30.5 Å². The number of hydrogen-bond acceptors (Lipinski definition) is 4. The molecule has 2 aliphatic heterocycles. The van der Waals surface area contributed by atoms with E-state index in [0.29, 0.717) is 12.5 Å². The Kier molecular flexibility index (Phi) is 5.26. The maximum absolute atomic E-state index is 11.7. The number of nitrogens with zero attached hydrogens (tertiary/aromatic N) is 3. The first-order valence-electron chi connectivity index (χ1n) is 10.0. The zero-order chi connectivity index (χ0) is 19.7. The van der Waals surface area contributed by atoms with Crippen LogP contribution in [0.5, 0.6) is 5.75 Å². The number of carbonyl (C=O) groups is 2. The number of ether oxygens (including phenoxy) is 1. The Morgan fingerprint density at radius 2 is 2.00 bits per heavy atom. The van der Waals surface area contributed by atoms with Gasteiger partial charge < -0.3 is 24.8 Å². The molecule has 2 fully saturated rings. The largest absolute Gasteiger partial charge is 0.490 e. The Bertz CT molecular complexity index is 870. The quantitative estimate of drug-likeness (QED) is 0.820. The molecule has 0 aliphatic carbocycles. The van der Waals surface area contributed by atoms with Crippen LogP contribution in [-0.2, 0) is 16.1 Å². The highest BCUT2D eigenvalue weighted by Gasteiger charge is 2.30. The van der Waals surface area contributed by atoms with Crippen LogP contribution >= 0.6 is 0 Å². The zero-order valence-corrected chi connectivity index (χ0v) is 16.3. The van der Waals surface area contributed by atoms with Crippen LogP contribution in [0.1, 0.15) is 25.7 Å². The molecular formula is C21H28N4O3. The van der Waals surface area contributed by atoms with Crippen molar-refractivity contribution in [2.45, 2.75) is 44.4 Å². The van der Waals surface area contributed by atoms with Crippen LogP contribution in [-0.4, -0.2) is 65.0 Å². The van der Waals surface area contributed by atoms with E-state index >= 15 is 0 Å². The molecule has 2 aliphatic rings. The number of likely N-dealkylation sites (N-methyl/N-ethyl adjacent to an activating group) is 1. The van der Waals surface area contributed by atoms with Gasteiger partial charge in [0.1, 0.15) is 18.4 Å². The first-order valence-corrected chi connectivity index (χ1v) is 10.0. The smallest absolute Gasteiger partial charge is 0.237 e. The molecule has 28 heavy (non-hydrogen) atoms. The number of likely N-dealkylation sites (tertiary alicyclic amines) is 2. The van der Waals surface area contributed by atoms with E-state index in [-0.39, 0.29) is 24.5 Å². The fourth-order valence-corrected chi connectivity index (χ4v) is 4.37. The average molecular weight is 384 g/mol. The summed E-state index contributed by atoms with van der Waals surface area (Å²) < 4.78 is 8.18. The number of carbonyl (C=O) groups excluding carboxylic acids is 2. The molecule has 2 saturated heterocycles. The van der Waals surface area contributed by atoms with Crippen LogP contribution in [0.2, 0.25) is 0 Å². The van der Waals surface area contributed by atoms with Gasteiger partial charge in [0, 0.05) is 50.7 Å². The van der Waals surface area contributed by atoms with Crippen LogP contribution in [0.3, 0.4) is 0 Å². The monoisotopic (exact) mass is 384 g/mol. The Labute approximate surface area is 165 Å². The minimum Gasteiger partial charge on any atom is -0.490 e. The molecule has 4 rings (SSSR count). The molecule has 1 atom stereocenters. The molecule has 150 valence electrons. The van der Waals surface area contributed by atoms with Gasteiger partial charge in [-0.3, -0.25) is 9.59 Å². The Hall–Kier alpha value is -2.54. The highest BCUT2D eigenvalue weighted by atomic mass is 16.5. The zero-order valence-electron chi connectivity index (χ0n) is 16.3. The Balaban J connectivity index is 1.35. The van der Waals surface area contributed by atoms with Crippen LogP contribution in [0, 0.1) is 0 Å². The van der Waals surface area contributed by atoms with Gasteiger partial charge in [0.25, 0.3) is 0 Å².